The van der Waals surface area contributed by atoms with Crippen molar-refractivity contribution in [2.45, 2.75) is 59.1 Å². The van der Waals surface area contributed by atoms with Gasteiger partial charge in [0, 0.05) is 19.6 Å². The molecule has 0 radical (unpaired) electrons. The fourth-order valence-electron chi connectivity index (χ4n) is 2.82. The van der Waals surface area contributed by atoms with Crippen molar-refractivity contribution < 1.29 is 9.53 Å². The van der Waals surface area contributed by atoms with Gasteiger partial charge < -0.3 is 10.1 Å². The molecular weight excluding hydrogens is 300 g/mol. The molecule has 136 valence electrons. The summed E-state index contributed by atoms with van der Waals surface area (Å²) >= 11 is 0. The molecule has 1 aliphatic rings. The summed E-state index contributed by atoms with van der Waals surface area (Å²) in [7, 11) is 1.54. The Morgan fingerprint density at radius 3 is 2.38 bits per heavy atom. The van der Waals surface area contributed by atoms with Crippen LogP contribution in [-0.4, -0.2) is 36.7 Å². The topological polar surface area (TPSA) is 41.6 Å². The van der Waals surface area contributed by atoms with E-state index in [4.69, 9.17) is 4.74 Å². The number of nitrogens with zero attached hydrogens (tertiary/aromatic N) is 1. The molecule has 1 heterocycles. The Morgan fingerprint density at radius 2 is 1.96 bits per heavy atom. The zero-order valence-electron chi connectivity index (χ0n) is 16.1. The lowest BCUT2D eigenvalue weighted by Crippen LogP contribution is -2.30. The average molecular weight is 335 g/mol. The van der Waals surface area contributed by atoms with Gasteiger partial charge in [-0.25, -0.2) is 4.79 Å². The van der Waals surface area contributed by atoms with E-state index in [9.17, 15) is 4.79 Å². The fraction of sp³-hybridized carbons (Fsp3) is 0.650. The second kappa shape index (κ2) is 9.67. The predicted octanol–water partition coefficient (Wildman–Crippen LogP) is 4.62. The van der Waals surface area contributed by atoms with Gasteiger partial charge in [0.25, 0.3) is 0 Å². The number of amides is 1. The molecule has 1 fully saturated rings. The molecule has 0 spiro atoms. The molecule has 2 rings (SSSR count). The molecule has 1 saturated heterocycles. The maximum atomic E-state index is 10.5. The standard InChI is InChI=1S/C14H21N.C6H13NO2/c1-3-13-9-10-15(11-13)12(2)14-7-5-4-6-8-14;1-6(2,3)9-5(8)7-4/h4-8,12-13H,3,9-11H2,1-2H3;1-4H3,(H,7,8). The number of likely N-dealkylation sites (tertiary alicyclic amines) is 1. The van der Waals surface area contributed by atoms with E-state index >= 15 is 0 Å². The maximum Gasteiger partial charge on any atom is 0.407 e. The van der Waals surface area contributed by atoms with Crippen molar-refractivity contribution in [2.24, 2.45) is 5.92 Å². The van der Waals surface area contributed by atoms with E-state index in [1.807, 2.05) is 20.8 Å². The molecule has 4 nitrogen and oxygen atoms in total. The van der Waals surface area contributed by atoms with Crippen molar-refractivity contribution in [3.63, 3.8) is 0 Å². The van der Waals surface area contributed by atoms with Crippen molar-refractivity contribution in [3.05, 3.63) is 35.9 Å². The minimum atomic E-state index is -0.389. The van der Waals surface area contributed by atoms with Gasteiger partial charge in [0.15, 0.2) is 0 Å². The first-order valence-electron chi connectivity index (χ1n) is 8.96. The van der Waals surface area contributed by atoms with E-state index in [-0.39, 0.29) is 11.7 Å². The predicted molar refractivity (Wildman–Crippen MR) is 100 cm³/mol. The summed E-state index contributed by atoms with van der Waals surface area (Å²) in [6.45, 7) is 12.7. The molecule has 0 bridgehead atoms. The quantitative estimate of drug-likeness (QED) is 0.877. The first-order chi connectivity index (χ1) is 11.3. The van der Waals surface area contributed by atoms with Crippen LogP contribution in [-0.2, 0) is 4.74 Å². The van der Waals surface area contributed by atoms with Gasteiger partial charge in [-0.15, -0.1) is 0 Å². The molecule has 2 atom stereocenters. The zero-order chi connectivity index (χ0) is 18.2. The van der Waals surface area contributed by atoms with Crippen LogP contribution in [0.25, 0.3) is 0 Å². The first-order valence-corrected chi connectivity index (χ1v) is 8.96. The fourth-order valence-corrected chi connectivity index (χ4v) is 2.82. The van der Waals surface area contributed by atoms with Crippen LogP contribution in [0.5, 0.6) is 0 Å². The van der Waals surface area contributed by atoms with Crippen LogP contribution in [0.3, 0.4) is 0 Å². The number of benzene rings is 1. The van der Waals surface area contributed by atoms with Gasteiger partial charge >= 0.3 is 6.09 Å². The van der Waals surface area contributed by atoms with E-state index in [0.29, 0.717) is 6.04 Å². The number of carbonyl (C=O) groups is 1. The van der Waals surface area contributed by atoms with Crippen molar-refractivity contribution in [3.8, 4) is 0 Å². The van der Waals surface area contributed by atoms with E-state index in [0.717, 1.165) is 5.92 Å². The molecule has 1 amide bonds. The van der Waals surface area contributed by atoms with Crippen LogP contribution in [0.2, 0.25) is 0 Å². The molecule has 1 N–H and O–H groups in total. The van der Waals surface area contributed by atoms with Crippen molar-refractivity contribution in [2.75, 3.05) is 20.1 Å². The monoisotopic (exact) mass is 334 g/mol. The Bertz CT molecular complexity index is 482. The van der Waals surface area contributed by atoms with Crippen molar-refractivity contribution >= 4 is 6.09 Å². The number of alkyl carbamates (subject to hydrolysis) is 1. The Kier molecular flexibility index (Phi) is 8.26. The zero-order valence-corrected chi connectivity index (χ0v) is 16.1. The summed E-state index contributed by atoms with van der Waals surface area (Å²) in [5.41, 5.74) is 1.06. The van der Waals surface area contributed by atoms with Gasteiger partial charge in [-0.05, 0) is 52.1 Å². The Balaban J connectivity index is 0.000000277. The van der Waals surface area contributed by atoms with Crippen LogP contribution < -0.4 is 5.32 Å². The number of nitrogens with one attached hydrogen (secondary N) is 1. The SMILES string of the molecule is CCC1CCN(C(C)c2ccccc2)C1.CNC(=O)OC(C)(C)C. The summed E-state index contributed by atoms with van der Waals surface area (Å²) in [5.74, 6) is 0.927. The number of carbonyl (C=O) groups excluding carboxylic acids is 1. The molecule has 1 aliphatic heterocycles. The van der Waals surface area contributed by atoms with Crippen LogP contribution in [0, 0.1) is 5.92 Å². The third-order valence-electron chi connectivity index (χ3n) is 4.33. The Labute approximate surface area is 147 Å². The van der Waals surface area contributed by atoms with E-state index in [1.165, 1.54) is 38.5 Å². The summed E-state index contributed by atoms with van der Waals surface area (Å²) in [6, 6.07) is 11.4. The lowest BCUT2D eigenvalue weighted by Gasteiger charge is -2.24. The van der Waals surface area contributed by atoms with Gasteiger partial charge in [-0.2, -0.15) is 0 Å². The highest BCUT2D eigenvalue weighted by Gasteiger charge is 2.25. The minimum Gasteiger partial charge on any atom is -0.444 e. The number of ether oxygens (including phenoxy) is 1. The molecule has 0 saturated carbocycles. The summed E-state index contributed by atoms with van der Waals surface area (Å²) in [5, 5.41) is 2.36. The van der Waals surface area contributed by atoms with Crippen molar-refractivity contribution in [1.82, 2.24) is 10.2 Å². The molecule has 24 heavy (non-hydrogen) atoms. The highest BCUT2D eigenvalue weighted by molar-refractivity contribution is 5.67. The summed E-state index contributed by atoms with van der Waals surface area (Å²) in [4.78, 5) is 13.1. The van der Waals surface area contributed by atoms with E-state index in [1.54, 1.807) is 0 Å². The van der Waals surface area contributed by atoms with Gasteiger partial charge in [0.05, 0.1) is 0 Å². The molecule has 0 aromatic heterocycles. The molecule has 0 aliphatic carbocycles. The Morgan fingerprint density at radius 1 is 1.33 bits per heavy atom. The molecule has 1 aromatic rings. The number of hydrogen-bond donors (Lipinski definition) is 1. The van der Waals surface area contributed by atoms with E-state index < -0.39 is 0 Å². The second-order valence-corrected chi connectivity index (χ2v) is 7.40. The second-order valence-electron chi connectivity index (χ2n) is 7.40. The maximum absolute atomic E-state index is 10.5. The minimum absolute atomic E-state index is 0.387. The van der Waals surface area contributed by atoms with Crippen LogP contribution in [0.1, 0.15) is 59.1 Å². The largest absolute Gasteiger partial charge is 0.444 e. The van der Waals surface area contributed by atoms with Gasteiger partial charge in [-0.3, -0.25) is 4.90 Å². The molecular formula is C20H34N2O2. The normalized spacial score (nSPS) is 19.2. The van der Waals surface area contributed by atoms with Crippen LogP contribution >= 0.6 is 0 Å². The third-order valence-corrected chi connectivity index (χ3v) is 4.33. The third kappa shape index (κ3) is 7.35. The highest BCUT2D eigenvalue weighted by Crippen LogP contribution is 2.28. The summed E-state index contributed by atoms with van der Waals surface area (Å²) < 4.78 is 4.84. The smallest absolute Gasteiger partial charge is 0.407 e. The number of rotatable bonds is 3. The van der Waals surface area contributed by atoms with Crippen LogP contribution in [0.15, 0.2) is 30.3 Å². The van der Waals surface area contributed by atoms with Gasteiger partial charge in [0.1, 0.15) is 5.60 Å². The number of hydrogen-bond acceptors (Lipinski definition) is 3. The van der Waals surface area contributed by atoms with Crippen molar-refractivity contribution in [1.29, 1.82) is 0 Å². The lowest BCUT2D eigenvalue weighted by molar-refractivity contribution is 0.0541. The van der Waals surface area contributed by atoms with Gasteiger partial charge in [-0.1, -0.05) is 43.7 Å². The average Bonchev–Trinajstić information content (AvgIpc) is 3.03. The molecule has 1 aromatic carbocycles. The highest BCUT2D eigenvalue weighted by atomic mass is 16.6. The van der Waals surface area contributed by atoms with E-state index in [2.05, 4.69) is 54.4 Å². The van der Waals surface area contributed by atoms with Crippen LogP contribution in [0.4, 0.5) is 4.79 Å². The Hall–Kier alpha value is -1.55. The summed E-state index contributed by atoms with van der Waals surface area (Å²) in [6.07, 6.45) is 2.33. The molecule has 4 heteroatoms. The first kappa shape index (κ1) is 20.5. The lowest BCUT2D eigenvalue weighted by atomic mass is 10.1. The molecule has 2 unspecified atom stereocenters. The van der Waals surface area contributed by atoms with Gasteiger partial charge in [0.2, 0.25) is 0 Å².